The van der Waals surface area contributed by atoms with Gasteiger partial charge in [0.1, 0.15) is 24.9 Å². The summed E-state index contributed by atoms with van der Waals surface area (Å²) >= 11 is 0. The van der Waals surface area contributed by atoms with E-state index in [9.17, 15) is 22.4 Å². The molecule has 24 heavy (non-hydrogen) atoms. The van der Waals surface area contributed by atoms with Crippen LogP contribution in [0.3, 0.4) is 0 Å². The van der Waals surface area contributed by atoms with Gasteiger partial charge in [0.15, 0.2) is 0 Å². The van der Waals surface area contributed by atoms with Crippen LogP contribution < -0.4 is 0 Å². The molecule has 2 heterocycles. The molecule has 1 N–H and O–H groups in total. The molecule has 2 aliphatic rings. The predicted molar refractivity (Wildman–Crippen MR) is 81.3 cm³/mol. The van der Waals surface area contributed by atoms with Crippen molar-refractivity contribution in [2.45, 2.75) is 24.9 Å². The Bertz CT molecular complexity index is 746. The Morgan fingerprint density at radius 1 is 1.33 bits per heavy atom. The normalized spacial score (nSPS) is 25.6. The summed E-state index contributed by atoms with van der Waals surface area (Å²) in [4.78, 5) is 24.7. The topological polar surface area (TPSA) is 104 Å². The van der Waals surface area contributed by atoms with Crippen LogP contribution >= 0.6 is 0 Å². The fourth-order valence-corrected chi connectivity index (χ4v) is 3.69. The van der Waals surface area contributed by atoms with Crippen LogP contribution in [0.5, 0.6) is 0 Å². The second-order valence-electron chi connectivity index (χ2n) is 5.26. The van der Waals surface area contributed by atoms with Crippen LogP contribution in [0.25, 0.3) is 0 Å². The van der Waals surface area contributed by atoms with Gasteiger partial charge in [0, 0.05) is 0 Å². The van der Waals surface area contributed by atoms with Crippen LogP contribution in [0.15, 0.2) is 30.3 Å². The Labute approximate surface area is 159 Å². The number of halogens is 1. The Morgan fingerprint density at radius 3 is 2.54 bits per heavy atom. The van der Waals surface area contributed by atoms with Gasteiger partial charge in [-0.15, -0.1) is 0 Å². The van der Waals surface area contributed by atoms with E-state index >= 15 is 0 Å². The van der Waals surface area contributed by atoms with E-state index in [1.54, 1.807) is 30.3 Å². The molecule has 0 unspecified atom stereocenters. The summed E-state index contributed by atoms with van der Waals surface area (Å²) < 4.78 is 50.1. The van der Waals surface area contributed by atoms with Gasteiger partial charge in [-0.1, -0.05) is 30.3 Å². The van der Waals surface area contributed by atoms with Crippen LogP contribution in [0.1, 0.15) is 5.56 Å². The third kappa shape index (κ3) is 3.29. The third-order valence-electron chi connectivity index (χ3n) is 3.83. The number of rotatable bonds is 3. The Kier molecular flexibility index (Phi) is 5.55. The Morgan fingerprint density at radius 2 is 1.96 bits per heavy atom. The molecule has 3 rings (SSSR count). The standard InChI is InChI=1S/C13H13FN2O6S.Na.H/c14-9-6-15(11-10(9)16(12(11)17)23(19,20)21)13(18)22-7-8-4-2-1-3-5-8;;/h1-5,9-11H,6-7H2,(H,19,20,21);;/t9-,10+,11-;;/m0../s1. The van der Waals surface area contributed by atoms with Crippen molar-refractivity contribution in [1.82, 2.24) is 9.21 Å². The molecule has 0 spiro atoms. The van der Waals surface area contributed by atoms with E-state index in [1.165, 1.54) is 0 Å². The maximum absolute atomic E-state index is 13.9. The average Bonchev–Trinajstić information content (AvgIpc) is 2.77. The molecule has 2 fully saturated rings. The zero-order valence-electron chi connectivity index (χ0n) is 11.7. The van der Waals surface area contributed by atoms with Crippen LogP contribution in [-0.4, -0.2) is 88.5 Å². The molecule has 0 bridgehead atoms. The average molecular weight is 368 g/mol. The van der Waals surface area contributed by atoms with Gasteiger partial charge in [0.25, 0.3) is 5.91 Å². The quantitative estimate of drug-likeness (QED) is 0.447. The SMILES string of the molecule is O=C(OCc1ccccc1)N1C[C@H](F)[C@@H]2[C@H]1C(=O)N2S(=O)(=O)O.[NaH]. The van der Waals surface area contributed by atoms with Crippen LogP contribution in [0, 0.1) is 0 Å². The predicted octanol–water partition coefficient (Wildman–Crippen LogP) is -0.289. The molecule has 0 aliphatic carbocycles. The number of fused-ring (bicyclic) bond motifs is 1. The molecule has 8 nitrogen and oxygen atoms in total. The Hall–Kier alpha value is -1.20. The second-order valence-corrected chi connectivity index (χ2v) is 6.54. The van der Waals surface area contributed by atoms with Gasteiger partial charge in [0.2, 0.25) is 0 Å². The van der Waals surface area contributed by atoms with Gasteiger partial charge in [-0.25, -0.2) is 13.5 Å². The van der Waals surface area contributed by atoms with Gasteiger partial charge < -0.3 is 4.74 Å². The van der Waals surface area contributed by atoms with Crippen molar-refractivity contribution in [2.24, 2.45) is 0 Å². The third-order valence-corrected chi connectivity index (χ3v) is 4.75. The number of hydrogen-bond donors (Lipinski definition) is 1. The number of benzene rings is 1. The van der Waals surface area contributed by atoms with Crippen molar-refractivity contribution in [3.05, 3.63) is 35.9 Å². The first-order valence-electron chi connectivity index (χ1n) is 6.73. The molecule has 0 aromatic heterocycles. The minimum absolute atomic E-state index is 0. The van der Waals surface area contributed by atoms with Crippen molar-refractivity contribution >= 4 is 51.9 Å². The van der Waals surface area contributed by atoms with Crippen LogP contribution in [0.4, 0.5) is 9.18 Å². The molecule has 0 radical (unpaired) electrons. The number of carbonyl (C=O) groups is 2. The molecule has 126 valence electrons. The van der Waals surface area contributed by atoms with Gasteiger partial charge in [-0.05, 0) is 5.56 Å². The zero-order valence-corrected chi connectivity index (χ0v) is 12.5. The monoisotopic (exact) mass is 368 g/mol. The van der Waals surface area contributed by atoms with Crippen molar-refractivity contribution < 1.29 is 31.7 Å². The van der Waals surface area contributed by atoms with Crippen molar-refractivity contribution in [3.63, 3.8) is 0 Å². The number of likely N-dealkylation sites (tertiary alicyclic amines) is 1. The number of hydrogen-bond acceptors (Lipinski definition) is 5. The van der Waals surface area contributed by atoms with E-state index in [0.29, 0.717) is 5.56 Å². The summed E-state index contributed by atoms with van der Waals surface area (Å²) in [5, 5.41) is 0. The van der Waals surface area contributed by atoms with Gasteiger partial charge in [-0.2, -0.15) is 8.42 Å². The van der Waals surface area contributed by atoms with E-state index in [4.69, 9.17) is 9.29 Å². The van der Waals surface area contributed by atoms with Crippen molar-refractivity contribution in [3.8, 4) is 0 Å². The molecule has 1 aromatic rings. The minimum atomic E-state index is -4.84. The molecular weight excluding hydrogens is 354 g/mol. The first kappa shape index (κ1) is 19.1. The van der Waals surface area contributed by atoms with E-state index < -0.39 is 47.1 Å². The summed E-state index contributed by atoms with van der Waals surface area (Å²) in [6.45, 7) is -0.526. The molecule has 2 aliphatic heterocycles. The molecule has 1 aromatic carbocycles. The molecule has 0 saturated carbocycles. The first-order chi connectivity index (χ1) is 10.8. The second kappa shape index (κ2) is 6.96. The fraction of sp³-hybridized carbons (Fsp3) is 0.385. The fourth-order valence-electron chi connectivity index (χ4n) is 2.80. The first-order valence-corrected chi connectivity index (χ1v) is 8.12. The number of carbonyl (C=O) groups excluding carboxylic acids is 2. The number of alkyl halides is 1. The van der Waals surface area contributed by atoms with Gasteiger partial charge in [-0.3, -0.25) is 14.2 Å². The van der Waals surface area contributed by atoms with Gasteiger partial charge in [0.05, 0.1) is 6.54 Å². The summed E-state index contributed by atoms with van der Waals surface area (Å²) in [6, 6.07) is 6.09. The molecule has 3 atom stereocenters. The van der Waals surface area contributed by atoms with Gasteiger partial charge >= 0.3 is 46.0 Å². The van der Waals surface area contributed by atoms with Crippen molar-refractivity contribution in [2.75, 3.05) is 6.54 Å². The molecule has 2 saturated heterocycles. The summed E-state index contributed by atoms with van der Waals surface area (Å²) in [5.74, 6) is -1.05. The van der Waals surface area contributed by atoms with Crippen LogP contribution in [-0.2, 0) is 26.4 Å². The molecular formula is C13H14FN2NaO6S. The zero-order chi connectivity index (χ0) is 16.8. The molecule has 11 heteroatoms. The summed E-state index contributed by atoms with van der Waals surface area (Å²) in [7, 11) is -4.84. The number of β-lactam (4-membered cyclic amide) rings is 1. The van der Waals surface area contributed by atoms with E-state index in [2.05, 4.69) is 0 Å². The molecule has 2 amide bonds. The summed E-state index contributed by atoms with van der Waals surface area (Å²) in [5.41, 5.74) is 0.716. The number of amides is 2. The summed E-state index contributed by atoms with van der Waals surface area (Å²) in [6.07, 6.45) is -2.68. The Balaban J connectivity index is 0.00000208. The van der Waals surface area contributed by atoms with Crippen molar-refractivity contribution in [1.29, 1.82) is 0 Å². The number of nitrogens with zero attached hydrogens (tertiary/aromatic N) is 2. The van der Waals surface area contributed by atoms with E-state index in [-0.39, 0.29) is 40.5 Å². The maximum atomic E-state index is 13.9. The van der Waals surface area contributed by atoms with Crippen LogP contribution in [0.2, 0.25) is 0 Å². The van der Waals surface area contributed by atoms with E-state index in [1.807, 2.05) is 0 Å². The number of ether oxygens (including phenoxy) is 1. The van der Waals surface area contributed by atoms with E-state index in [0.717, 1.165) is 4.90 Å².